The summed E-state index contributed by atoms with van der Waals surface area (Å²) in [6.07, 6.45) is 0. The lowest BCUT2D eigenvalue weighted by Gasteiger charge is -2.12. The second kappa shape index (κ2) is 6.36. The van der Waals surface area contributed by atoms with E-state index in [0.717, 1.165) is 15.3 Å². The second-order valence-electron chi connectivity index (χ2n) is 4.97. The van der Waals surface area contributed by atoms with Gasteiger partial charge in [0, 0.05) is 11.4 Å². The lowest BCUT2D eigenvalue weighted by Crippen LogP contribution is -2.42. The molecule has 7 heteroatoms. The molecule has 114 valence electrons. The minimum atomic E-state index is -0.335. The third-order valence-corrected chi connectivity index (χ3v) is 4.51. The van der Waals surface area contributed by atoms with E-state index in [4.69, 9.17) is 0 Å². The van der Waals surface area contributed by atoms with Gasteiger partial charge in [0.1, 0.15) is 10.7 Å². The van der Waals surface area contributed by atoms with Crippen LogP contribution in [0.3, 0.4) is 0 Å². The van der Waals surface area contributed by atoms with E-state index in [0.29, 0.717) is 24.3 Å². The summed E-state index contributed by atoms with van der Waals surface area (Å²) >= 11 is 1.52. The van der Waals surface area contributed by atoms with Gasteiger partial charge in [-0.1, -0.05) is 0 Å². The fourth-order valence-corrected chi connectivity index (χ4v) is 3.10. The van der Waals surface area contributed by atoms with Crippen LogP contribution in [0.5, 0.6) is 0 Å². The van der Waals surface area contributed by atoms with Crippen LogP contribution in [0.4, 0.5) is 0 Å². The molecule has 2 aromatic rings. The van der Waals surface area contributed by atoms with Gasteiger partial charge in [-0.15, -0.1) is 11.3 Å². The summed E-state index contributed by atoms with van der Waals surface area (Å²) in [5.41, 5.74) is 0.864. The molecule has 0 aliphatic heterocycles. The summed E-state index contributed by atoms with van der Waals surface area (Å²) in [4.78, 5) is 32.8. The smallest absolute Gasteiger partial charge is 0.259 e. The average molecular weight is 308 g/mol. The molecular formula is C14H20N4O2S. The number of aromatic amines is 1. The van der Waals surface area contributed by atoms with Gasteiger partial charge in [-0.3, -0.25) is 14.9 Å². The zero-order valence-corrected chi connectivity index (χ0v) is 13.5. The number of likely N-dealkylation sites (N-methyl/N-ethyl adjacent to an activating group) is 1. The molecule has 1 amide bonds. The van der Waals surface area contributed by atoms with Crippen LogP contribution in [0.15, 0.2) is 4.79 Å². The van der Waals surface area contributed by atoms with E-state index in [9.17, 15) is 9.59 Å². The summed E-state index contributed by atoms with van der Waals surface area (Å²) in [6, 6.07) is -0.335. The standard InChI is InChI=1S/C14H20N4O2S/c1-5-15-12(19)8(3)16-6-10-17-13(20)11-7(2)9(4)21-14(11)18-10/h8,16H,5-6H2,1-4H3,(H,15,19)(H,17,18,20). The number of hydrogen-bond acceptors (Lipinski definition) is 5. The van der Waals surface area contributed by atoms with E-state index >= 15 is 0 Å². The van der Waals surface area contributed by atoms with Crippen molar-refractivity contribution in [2.75, 3.05) is 6.54 Å². The Bertz CT molecular complexity index is 720. The van der Waals surface area contributed by atoms with Gasteiger partial charge in [-0.05, 0) is 33.3 Å². The third kappa shape index (κ3) is 3.30. The molecule has 0 aliphatic rings. The van der Waals surface area contributed by atoms with Crippen molar-refractivity contribution in [2.45, 2.75) is 40.3 Å². The molecule has 0 radical (unpaired) electrons. The summed E-state index contributed by atoms with van der Waals surface area (Å²) in [5, 5.41) is 6.46. The number of fused-ring (bicyclic) bond motifs is 1. The second-order valence-corrected chi connectivity index (χ2v) is 6.18. The number of nitrogens with one attached hydrogen (secondary N) is 3. The molecule has 1 atom stereocenters. The Morgan fingerprint density at radius 2 is 2.14 bits per heavy atom. The van der Waals surface area contributed by atoms with E-state index in [-0.39, 0.29) is 17.5 Å². The first-order valence-electron chi connectivity index (χ1n) is 6.94. The molecule has 0 spiro atoms. The Labute approximate surface area is 127 Å². The highest BCUT2D eigenvalue weighted by molar-refractivity contribution is 7.18. The molecule has 21 heavy (non-hydrogen) atoms. The van der Waals surface area contributed by atoms with Gasteiger partial charge in [0.25, 0.3) is 5.56 Å². The monoisotopic (exact) mass is 308 g/mol. The van der Waals surface area contributed by atoms with Crippen LogP contribution in [0.1, 0.15) is 30.1 Å². The van der Waals surface area contributed by atoms with Crippen molar-refractivity contribution in [3.63, 3.8) is 0 Å². The van der Waals surface area contributed by atoms with Crippen molar-refractivity contribution in [3.05, 3.63) is 26.6 Å². The van der Waals surface area contributed by atoms with E-state index < -0.39 is 0 Å². The Balaban J connectivity index is 2.17. The van der Waals surface area contributed by atoms with Gasteiger partial charge >= 0.3 is 0 Å². The van der Waals surface area contributed by atoms with Crippen molar-refractivity contribution in [1.82, 2.24) is 20.6 Å². The summed E-state index contributed by atoms with van der Waals surface area (Å²) in [5.74, 6) is 0.480. The zero-order valence-electron chi connectivity index (χ0n) is 12.7. The molecule has 0 fully saturated rings. The van der Waals surface area contributed by atoms with Crippen molar-refractivity contribution in [2.24, 2.45) is 0 Å². The molecule has 1 unspecified atom stereocenters. The van der Waals surface area contributed by atoms with Gasteiger partial charge in [0.05, 0.1) is 18.0 Å². The Kier molecular flexibility index (Phi) is 4.74. The van der Waals surface area contributed by atoms with Gasteiger partial charge in [-0.25, -0.2) is 4.98 Å². The van der Waals surface area contributed by atoms with Crippen molar-refractivity contribution >= 4 is 27.5 Å². The highest BCUT2D eigenvalue weighted by Gasteiger charge is 2.14. The normalized spacial score (nSPS) is 12.6. The van der Waals surface area contributed by atoms with E-state index in [2.05, 4.69) is 20.6 Å². The largest absolute Gasteiger partial charge is 0.355 e. The van der Waals surface area contributed by atoms with Gasteiger partial charge in [0.15, 0.2) is 0 Å². The molecular weight excluding hydrogens is 288 g/mol. The fraction of sp³-hybridized carbons (Fsp3) is 0.500. The van der Waals surface area contributed by atoms with Crippen molar-refractivity contribution in [3.8, 4) is 0 Å². The van der Waals surface area contributed by atoms with E-state index in [1.54, 1.807) is 6.92 Å². The van der Waals surface area contributed by atoms with E-state index in [1.807, 2.05) is 20.8 Å². The third-order valence-electron chi connectivity index (χ3n) is 3.41. The quantitative estimate of drug-likeness (QED) is 0.775. The molecule has 0 aliphatic carbocycles. The van der Waals surface area contributed by atoms with Crippen LogP contribution in [0.2, 0.25) is 0 Å². The summed E-state index contributed by atoms with van der Waals surface area (Å²) in [7, 11) is 0. The fourth-order valence-electron chi connectivity index (χ4n) is 2.05. The SMILES string of the molecule is CCNC(=O)C(C)NCc1nc2sc(C)c(C)c2c(=O)[nH]1. The first-order chi connectivity index (χ1) is 9.93. The van der Waals surface area contributed by atoms with Crippen molar-refractivity contribution in [1.29, 1.82) is 0 Å². The molecule has 2 aromatic heterocycles. The molecule has 0 saturated heterocycles. The van der Waals surface area contributed by atoms with Crippen molar-refractivity contribution < 1.29 is 4.79 Å². The van der Waals surface area contributed by atoms with Crippen LogP contribution in [-0.2, 0) is 11.3 Å². The number of carbonyl (C=O) groups is 1. The topological polar surface area (TPSA) is 86.9 Å². The molecule has 0 bridgehead atoms. The highest BCUT2D eigenvalue weighted by Crippen LogP contribution is 2.25. The number of aromatic nitrogens is 2. The zero-order chi connectivity index (χ0) is 15.6. The molecule has 3 N–H and O–H groups in total. The number of amides is 1. The maximum atomic E-state index is 12.1. The minimum absolute atomic E-state index is 0.0660. The number of nitrogens with zero attached hydrogens (tertiary/aromatic N) is 1. The first-order valence-corrected chi connectivity index (χ1v) is 7.75. The number of H-pyrrole nitrogens is 1. The summed E-state index contributed by atoms with van der Waals surface area (Å²) in [6.45, 7) is 8.51. The predicted molar refractivity (Wildman–Crippen MR) is 84.7 cm³/mol. The Morgan fingerprint density at radius 1 is 1.43 bits per heavy atom. The van der Waals surface area contributed by atoms with Crippen LogP contribution < -0.4 is 16.2 Å². The van der Waals surface area contributed by atoms with Gasteiger partial charge < -0.3 is 10.3 Å². The predicted octanol–water partition coefficient (Wildman–Crippen LogP) is 1.22. The molecule has 2 rings (SSSR count). The first kappa shape index (κ1) is 15.7. The lowest BCUT2D eigenvalue weighted by molar-refractivity contribution is -0.122. The maximum absolute atomic E-state index is 12.1. The Hall–Kier alpha value is -1.73. The van der Waals surface area contributed by atoms with Crippen LogP contribution in [0, 0.1) is 13.8 Å². The van der Waals surface area contributed by atoms with Crippen LogP contribution in [-0.4, -0.2) is 28.5 Å². The minimum Gasteiger partial charge on any atom is -0.355 e. The van der Waals surface area contributed by atoms with Crippen LogP contribution in [0.25, 0.3) is 10.2 Å². The highest BCUT2D eigenvalue weighted by atomic mass is 32.1. The summed E-state index contributed by atoms with van der Waals surface area (Å²) < 4.78 is 0. The Morgan fingerprint density at radius 3 is 2.81 bits per heavy atom. The average Bonchev–Trinajstić information content (AvgIpc) is 2.72. The molecule has 0 aromatic carbocycles. The molecule has 6 nitrogen and oxygen atoms in total. The number of hydrogen-bond donors (Lipinski definition) is 3. The lowest BCUT2D eigenvalue weighted by atomic mass is 10.2. The number of rotatable bonds is 5. The number of aryl methyl sites for hydroxylation is 2. The number of carbonyl (C=O) groups excluding carboxylic acids is 1. The van der Waals surface area contributed by atoms with E-state index in [1.165, 1.54) is 11.3 Å². The molecule has 2 heterocycles. The molecule has 0 saturated carbocycles. The van der Waals surface area contributed by atoms with Crippen LogP contribution >= 0.6 is 11.3 Å². The number of thiophene rings is 1. The van der Waals surface area contributed by atoms with Gasteiger partial charge in [0.2, 0.25) is 5.91 Å². The van der Waals surface area contributed by atoms with Gasteiger partial charge in [-0.2, -0.15) is 0 Å². The maximum Gasteiger partial charge on any atom is 0.259 e.